The molecule has 1 nitrogen and oxygen atoms in total. The molecule has 2 rings (SSSR count). The third-order valence-corrected chi connectivity index (χ3v) is 4.48. The molecule has 1 atom stereocenters. The number of aryl methyl sites for hydroxylation is 2. The van der Waals surface area contributed by atoms with Crippen molar-refractivity contribution in [1.29, 1.82) is 0 Å². The van der Waals surface area contributed by atoms with Crippen molar-refractivity contribution in [3.8, 4) is 5.75 Å². The van der Waals surface area contributed by atoms with Crippen LogP contribution in [0.4, 0.5) is 0 Å². The van der Waals surface area contributed by atoms with Gasteiger partial charge in [-0.05, 0) is 47.3 Å². The van der Waals surface area contributed by atoms with E-state index in [9.17, 15) is 0 Å². The van der Waals surface area contributed by atoms with E-state index in [0.29, 0.717) is 11.7 Å². The second-order valence-corrected chi connectivity index (χ2v) is 6.14. The van der Waals surface area contributed by atoms with Crippen molar-refractivity contribution < 1.29 is 25.1 Å². The number of hydrogen-bond donors (Lipinski definition) is 1. The molecule has 22 heavy (non-hydrogen) atoms. The average molecular weight is 394 g/mol. The summed E-state index contributed by atoms with van der Waals surface area (Å²) in [6.07, 6.45) is 3.42. The van der Waals surface area contributed by atoms with E-state index in [1.807, 2.05) is 19.9 Å². The molecule has 0 heterocycles. The molecular weight excluding hydrogens is 367 g/mol. The van der Waals surface area contributed by atoms with Crippen molar-refractivity contribution in [3.63, 3.8) is 0 Å². The number of hydrogen-bond acceptors (Lipinski definition) is 1. The molecule has 0 fully saturated rings. The fraction of sp³-hybridized carbons (Fsp3) is 0.353. The summed E-state index contributed by atoms with van der Waals surface area (Å²) in [5.41, 5.74) is 5.22. The molecule has 1 aliphatic rings. The Labute approximate surface area is 162 Å². The van der Waals surface area contributed by atoms with E-state index in [-0.39, 0.29) is 24.8 Å². The van der Waals surface area contributed by atoms with Crippen molar-refractivity contribution >= 4 is 39.9 Å². The van der Waals surface area contributed by atoms with Crippen LogP contribution in [0.25, 0.3) is 0 Å². The zero-order valence-electron chi connectivity index (χ0n) is 14.3. The summed E-state index contributed by atoms with van der Waals surface area (Å²) >= 11 is 1.75. The van der Waals surface area contributed by atoms with Crippen molar-refractivity contribution in [2.45, 2.75) is 34.6 Å². The first-order valence-corrected chi connectivity index (χ1v) is 8.82. The molecule has 1 aromatic carbocycles. The van der Waals surface area contributed by atoms with Crippen LogP contribution in [0.5, 0.6) is 5.75 Å². The molecule has 1 N–H and O–H groups in total. The predicted molar refractivity (Wildman–Crippen MR) is 103 cm³/mol. The van der Waals surface area contributed by atoms with E-state index >= 15 is 0 Å². The maximum absolute atomic E-state index is 8.99. The number of allylic oxidation sites excluding steroid dienone is 4. The van der Waals surface area contributed by atoms with E-state index in [2.05, 4.69) is 31.7 Å². The molecule has 123 valence electrons. The van der Waals surface area contributed by atoms with E-state index in [1.165, 1.54) is 16.3 Å². The molecule has 0 spiro atoms. The van der Waals surface area contributed by atoms with E-state index in [1.54, 1.807) is 32.1 Å². The van der Waals surface area contributed by atoms with Crippen LogP contribution in [0, 0.1) is 25.8 Å². The van der Waals surface area contributed by atoms with Crippen molar-refractivity contribution in [3.05, 3.63) is 51.7 Å². The molecule has 1 unspecified atom stereocenters. The standard InChI is InChI=1S/C8H10O.C8H13Si.CH2.2ClH.Ti/c1-6-3-7(2)5-8(9)4-6;1-5-4-8(9)7(3)6(5)2;;;;/h3-5,9H,1-2H3;5H,1-3,9H3;1H2;2*1H;/q;-1;;;;+1. The minimum absolute atomic E-state index is 0. The Morgan fingerprint density at radius 1 is 1.05 bits per heavy atom. The minimum atomic E-state index is 0. The molecule has 1 aliphatic carbocycles. The maximum atomic E-state index is 8.99. The van der Waals surface area contributed by atoms with Gasteiger partial charge in [0.2, 0.25) is 0 Å². The van der Waals surface area contributed by atoms with Crippen LogP contribution >= 0.6 is 24.8 Å². The monoisotopic (exact) mass is 393 g/mol. The van der Waals surface area contributed by atoms with Gasteiger partial charge in [0.15, 0.2) is 0 Å². The van der Waals surface area contributed by atoms with Crippen molar-refractivity contribution in [2.24, 2.45) is 5.92 Å². The number of halogens is 2. The van der Waals surface area contributed by atoms with Gasteiger partial charge < -0.3 is 5.11 Å². The van der Waals surface area contributed by atoms with Crippen LogP contribution in [0.1, 0.15) is 31.9 Å². The summed E-state index contributed by atoms with van der Waals surface area (Å²) in [5, 5.41) is 10.5. The van der Waals surface area contributed by atoms with E-state index in [0.717, 1.165) is 21.4 Å². The predicted octanol–water partition coefficient (Wildman–Crippen LogP) is 3.84. The van der Waals surface area contributed by atoms with Gasteiger partial charge in [-0.2, -0.15) is 5.57 Å². The third-order valence-electron chi connectivity index (χ3n) is 3.44. The van der Waals surface area contributed by atoms with Gasteiger partial charge in [0.05, 0.1) is 0 Å². The molecule has 0 bridgehead atoms. The molecule has 0 saturated carbocycles. The molecular formula is C17H27Cl2OSiTi. The summed E-state index contributed by atoms with van der Waals surface area (Å²) in [7, 11) is 1.16. The number of phenolic OH excluding ortho intramolecular Hbond substituents is 1. The van der Waals surface area contributed by atoms with Crippen LogP contribution in [0.3, 0.4) is 0 Å². The van der Waals surface area contributed by atoms with Gasteiger partial charge in [-0.1, -0.05) is 25.8 Å². The number of benzene rings is 1. The Morgan fingerprint density at radius 2 is 1.45 bits per heavy atom. The van der Waals surface area contributed by atoms with Gasteiger partial charge in [0.25, 0.3) is 0 Å². The molecule has 0 aliphatic heterocycles. The second-order valence-electron chi connectivity index (χ2n) is 5.14. The van der Waals surface area contributed by atoms with Gasteiger partial charge >= 0.3 is 24.8 Å². The van der Waals surface area contributed by atoms with Gasteiger partial charge in [-0.25, -0.2) is 10.8 Å². The molecule has 0 amide bonds. The third kappa shape index (κ3) is 9.12. The Balaban J connectivity index is -0.000000273. The molecule has 1 aromatic rings. The number of phenols is 1. The van der Waals surface area contributed by atoms with Crippen LogP contribution in [0.15, 0.2) is 34.5 Å². The van der Waals surface area contributed by atoms with Gasteiger partial charge in [0, 0.05) is 0 Å². The summed E-state index contributed by atoms with van der Waals surface area (Å²) in [4.78, 5) is 3.25. The van der Waals surface area contributed by atoms with Gasteiger partial charge in [-0.3, -0.25) is 6.08 Å². The van der Waals surface area contributed by atoms with Gasteiger partial charge in [-0.15, -0.1) is 31.7 Å². The first-order valence-electron chi connectivity index (χ1n) is 6.71. The fourth-order valence-electron chi connectivity index (χ4n) is 2.11. The van der Waals surface area contributed by atoms with Crippen molar-refractivity contribution in [2.75, 3.05) is 0 Å². The fourth-order valence-corrected chi connectivity index (χ4v) is 2.94. The average Bonchev–Trinajstić information content (AvgIpc) is 2.58. The summed E-state index contributed by atoms with van der Waals surface area (Å²) in [6.45, 7) is 10.6. The Kier molecular flexibility index (Phi) is 16.2. The van der Waals surface area contributed by atoms with Crippen molar-refractivity contribution in [1.82, 2.24) is 0 Å². The van der Waals surface area contributed by atoms with Crippen LogP contribution in [-0.4, -0.2) is 20.2 Å². The first-order chi connectivity index (χ1) is 9.31. The first kappa shape index (κ1) is 26.8. The van der Waals surface area contributed by atoms with Crippen LogP contribution in [-0.2, 0) is 20.0 Å². The Morgan fingerprint density at radius 3 is 1.64 bits per heavy atom. The molecule has 0 aromatic heterocycles. The Hall–Kier alpha value is -0.119. The van der Waals surface area contributed by atoms with Gasteiger partial charge in [0.1, 0.15) is 5.75 Å². The van der Waals surface area contributed by atoms with E-state index < -0.39 is 0 Å². The summed E-state index contributed by atoms with van der Waals surface area (Å²) in [5.74, 6) is 0.949. The number of rotatable bonds is 0. The quantitative estimate of drug-likeness (QED) is 0.524. The summed E-state index contributed by atoms with van der Waals surface area (Å²) < 4.78 is 0. The number of aromatic hydroxyl groups is 1. The van der Waals surface area contributed by atoms with E-state index in [4.69, 9.17) is 5.11 Å². The zero-order valence-corrected chi connectivity index (χ0v) is 19.5. The van der Waals surface area contributed by atoms with Crippen LogP contribution < -0.4 is 0 Å². The Bertz CT molecular complexity index is 477. The zero-order chi connectivity index (χ0) is 15.9. The molecule has 0 saturated heterocycles. The molecule has 0 radical (unpaired) electrons. The molecule has 5 heteroatoms. The SMILES string of the molecule is CC1=C(C)C(C)[C-]=C1[SiH3].Cc1cc(C)cc(O)c1.Cl.Cl.[CH2]=[Ti+]. The second kappa shape index (κ2) is 13.3. The topological polar surface area (TPSA) is 20.2 Å². The normalized spacial score (nSPS) is 15.4. The summed E-state index contributed by atoms with van der Waals surface area (Å²) in [6, 6.07) is 5.51. The van der Waals surface area contributed by atoms with Crippen LogP contribution in [0.2, 0.25) is 0 Å².